The van der Waals surface area contributed by atoms with E-state index in [0.717, 1.165) is 0 Å². The van der Waals surface area contributed by atoms with E-state index in [1.54, 1.807) is 0 Å². The summed E-state index contributed by atoms with van der Waals surface area (Å²) in [7, 11) is -4.67. The van der Waals surface area contributed by atoms with Crippen molar-refractivity contribution in [3.05, 3.63) is 41.5 Å². The molecule has 0 aromatic heterocycles. The van der Waals surface area contributed by atoms with Crippen LogP contribution in [-0.2, 0) is 16.8 Å². The van der Waals surface area contributed by atoms with Gasteiger partial charge in [-0.2, -0.15) is 8.42 Å². The lowest BCUT2D eigenvalue weighted by Gasteiger charge is -2.31. The average Bonchev–Trinajstić information content (AvgIpc) is 2.49. The number of phenols is 4. The van der Waals surface area contributed by atoms with Crippen LogP contribution >= 0.6 is 0 Å². The third kappa shape index (κ3) is 4.89. The lowest BCUT2D eigenvalue weighted by Crippen LogP contribution is -2.30. The van der Waals surface area contributed by atoms with Crippen molar-refractivity contribution < 1.29 is 47.8 Å². The number of aliphatic hydroxyl groups excluding tert-OH is 1. The first kappa shape index (κ1) is 19.6. The van der Waals surface area contributed by atoms with Crippen LogP contribution in [-0.4, -0.2) is 49.2 Å². The summed E-state index contributed by atoms with van der Waals surface area (Å²) in [5.41, 5.74) is 0.894. The van der Waals surface area contributed by atoms with Crippen molar-refractivity contribution in [2.24, 2.45) is 0 Å². The fourth-order valence-electron chi connectivity index (χ4n) is 2.47. The van der Waals surface area contributed by atoms with Gasteiger partial charge in [-0.05, 0) is 17.7 Å². The quantitative estimate of drug-likeness (QED) is 0.273. The van der Waals surface area contributed by atoms with E-state index >= 15 is 0 Å². The van der Waals surface area contributed by atoms with Crippen LogP contribution in [0.3, 0.4) is 0 Å². The molecule has 7 N–H and O–H groups in total. The number of hydrogen-bond acceptors (Lipinski definition) is 8. The van der Waals surface area contributed by atoms with Crippen molar-refractivity contribution >= 4 is 10.4 Å². The molecule has 0 bridgehead atoms. The van der Waals surface area contributed by atoms with Gasteiger partial charge in [-0.25, -0.2) is 0 Å². The van der Waals surface area contributed by atoms with Gasteiger partial charge in [-0.15, -0.1) is 0 Å². The summed E-state index contributed by atoms with van der Waals surface area (Å²) in [4.78, 5) is 0. The fraction of sp³-hybridized carbons (Fsp3) is 0.200. The van der Waals surface area contributed by atoms with Gasteiger partial charge in [0.25, 0.3) is 0 Å². The molecule has 2 aromatic rings. The highest BCUT2D eigenvalue weighted by Crippen LogP contribution is 2.42. The van der Waals surface area contributed by atoms with E-state index in [0.29, 0.717) is 11.1 Å². The Morgan fingerprint density at radius 2 is 1.54 bits per heavy atom. The monoisotopic (exact) mass is 388 g/mol. The number of hydrogen-bond donors (Lipinski definition) is 7. The molecule has 10 nitrogen and oxygen atoms in total. The van der Waals surface area contributed by atoms with E-state index in [2.05, 4.69) is 0 Å². The van der Waals surface area contributed by atoms with Crippen LogP contribution in [0.4, 0.5) is 0 Å². The van der Waals surface area contributed by atoms with Crippen molar-refractivity contribution in [3.63, 3.8) is 0 Å². The number of fused-ring (bicyclic) bond motifs is 1. The fourth-order valence-corrected chi connectivity index (χ4v) is 2.47. The Labute approximate surface area is 147 Å². The molecule has 1 heterocycles. The maximum atomic E-state index is 10.2. The number of benzene rings is 2. The summed E-state index contributed by atoms with van der Waals surface area (Å²) in [6.45, 7) is 0. The second kappa shape index (κ2) is 7.25. The Bertz CT molecular complexity index is 901. The van der Waals surface area contributed by atoms with Gasteiger partial charge in [0.1, 0.15) is 23.4 Å². The lowest BCUT2D eigenvalue weighted by atomic mass is 9.94. The standard InChI is InChI=1S/C15H14O6.H2O4S/c16-8-4-11(18)9-6-13(20)15(21-14(9)5-8)7-1-2-10(17)12(19)3-7;1-5(2,3)4/h1-5,13,15-20H,6H2;(H2,1,2,3,4)/t13-,15-;/m1./s1. The molecule has 0 saturated carbocycles. The van der Waals surface area contributed by atoms with Crippen LogP contribution in [0.2, 0.25) is 0 Å². The van der Waals surface area contributed by atoms with Gasteiger partial charge in [0, 0.05) is 24.1 Å². The molecule has 2 atom stereocenters. The van der Waals surface area contributed by atoms with Gasteiger partial charge in [0.05, 0.1) is 6.10 Å². The highest BCUT2D eigenvalue weighted by molar-refractivity contribution is 7.79. The van der Waals surface area contributed by atoms with Gasteiger partial charge in [-0.1, -0.05) is 6.07 Å². The van der Waals surface area contributed by atoms with E-state index in [4.69, 9.17) is 22.3 Å². The van der Waals surface area contributed by atoms with E-state index < -0.39 is 22.6 Å². The second-order valence-corrected chi connectivity index (χ2v) is 6.34. The Hall–Kier alpha value is -2.73. The molecule has 0 spiro atoms. The largest absolute Gasteiger partial charge is 0.508 e. The normalized spacial score (nSPS) is 18.9. The minimum atomic E-state index is -4.67. The minimum Gasteiger partial charge on any atom is -0.508 e. The van der Waals surface area contributed by atoms with E-state index in [9.17, 15) is 25.5 Å². The Morgan fingerprint density at radius 1 is 0.923 bits per heavy atom. The number of ether oxygens (including phenoxy) is 1. The number of rotatable bonds is 1. The summed E-state index contributed by atoms with van der Waals surface area (Å²) in [5.74, 6) is -0.589. The van der Waals surface area contributed by atoms with Crippen LogP contribution in [0.15, 0.2) is 30.3 Å². The molecule has 0 fully saturated rings. The van der Waals surface area contributed by atoms with Crippen LogP contribution in [0, 0.1) is 0 Å². The smallest absolute Gasteiger partial charge is 0.394 e. The topological polar surface area (TPSA) is 185 Å². The van der Waals surface area contributed by atoms with Crippen molar-refractivity contribution in [1.82, 2.24) is 0 Å². The molecule has 1 aliphatic rings. The molecule has 0 aliphatic carbocycles. The van der Waals surface area contributed by atoms with Crippen LogP contribution in [0.1, 0.15) is 17.2 Å². The SMILES string of the molecule is O=S(=O)(O)O.Oc1cc(O)c2c(c1)O[C@H](c1ccc(O)c(O)c1)[C@H](O)C2. The summed E-state index contributed by atoms with van der Waals surface area (Å²) >= 11 is 0. The predicted molar refractivity (Wildman–Crippen MR) is 86.8 cm³/mol. The molecule has 142 valence electrons. The van der Waals surface area contributed by atoms with Gasteiger partial charge in [0.15, 0.2) is 11.5 Å². The van der Waals surface area contributed by atoms with E-state index in [-0.39, 0.29) is 35.2 Å². The number of aromatic hydroxyl groups is 4. The highest BCUT2D eigenvalue weighted by atomic mass is 32.3. The van der Waals surface area contributed by atoms with Gasteiger partial charge in [0.2, 0.25) is 0 Å². The van der Waals surface area contributed by atoms with E-state index in [1.807, 2.05) is 0 Å². The molecule has 0 amide bonds. The van der Waals surface area contributed by atoms with E-state index in [1.165, 1.54) is 30.3 Å². The molecular weight excluding hydrogens is 372 g/mol. The summed E-state index contributed by atoms with van der Waals surface area (Å²) in [5, 5.41) is 48.3. The molecule has 0 saturated heterocycles. The van der Waals surface area contributed by atoms with Crippen molar-refractivity contribution in [1.29, 1.82) is 0 Å². The molecule has 0 unspecified atom stereocenters. The number of phenolic OH excluding ortho intramolecular Hbond substituents is 4. The Balaban J connectivity index is 0.000000431. The molecule has 3 rings (SSSR count). The first-order valence-corrected chi connectivity index (χ1v) is 8.46. The van der Waals surface area contributed by atoms with Crippen LogP contribution in [0.5, 0.6) is 28.7 Å². The zero-order valence-corrected chi connectivity index (χ0v) is 13.8. The van der Waals surface area contributed by atoms with Crippen molar-refractivity contribution in [3.8, 4) is 28.7 Å². The molecule has 2 aromatic carbocycles. The zero-order chi connectivity index (χ0) is 19.6. The molecule has 0 radical (unpaired) electrons. The van der Waals surface area contributed by atoms with Gasteiger partial charge >= 0.3 is 10.4 Å². The number of aliphatic hydroxyl groups is 1. The molecular formula is C15H16O10S. The third-order valence-electron chi connectivity index (χ3n) is 3.51. The maximum absolute atomic E-state index is 10.2. The third-order valence-corrected chi connectivity index (χ3v) is 3.51. The summed E-state index contributed by atoms with van der Waals surface area (Å²) < 4.78 is 37.2. The van der Waals surface area contributed by atoms with Crippen LogP contribution in [0.25, 0.3) is 0 Å². The zero-order valence-electron chi connectivity index (χ0n) is 13.0. The lowest BCUT2D eigenvalue weighted by molar-refractivity contribution is 0.0197. The van der Waals surface area contributed by atoms with Gasteiger partial charge in [-0.3, -0.25) is 9.11 Å². The molecule has 1 aliphatic heterocycles. The van der Waals surface area contributed by atoms with Crippen molar-refractivity contribution in [2.75, 3.05) is 0 Å². The maximum Gasteiger partial charge on any atom is 0.394 e. The minimum absolute atomic E-state index is 0.143. The predicted octanol–water partition coefficient (Wildman–Crippen LogP) is 0.893. The average molecular weight is 388 g/mol. The van der Waals surface area contributed by atoms with Crippen molar-refractivity contribution in [2.45, 2.75) is 18.6 Å². The molecule has 11 heteroatoms. The second-order valence-electron chi connectivity index (χ2n) is 5.45. The summed E-state index contributed by atoms with van der Waals surface area (Å²) in [6.07, 6.45) is -1.56. The molecule has 26 heavy (non-hydrogen) atoms. The highest BCUT2D eigenvalue weighted by Gasteiger charge is 2.32. The van der Waals surface area contributed by atoms with Gasteiger partial charge < -0.3 is 30.3 Å². The Kier molecular flexibility index (Phi) is 5.47. The first-order valence-electron chi connectivity index (χ1n) is 7.07. The summed E-state index contributed by atoms with van der Waals surface area (Å²) in [6, 6.07) is 6.67. The Morgan fingerprint density at radius 3 is 2.12 bits per heavy atom. The first-order chi connectivity index (χ1) is 12.0. The van der Waals surface area contributed by atoms with Crippen LogP contribution < -0.4 is 4.74 Å².